The summed E-state index contributed by atoms with van der Waals surface area (Å²) in [4.78, 5) is 4.79. The maximum absolute atomic E-state index is 6.33. The van der Waals surface area contributed by atoms with Gasteiger partial charge < -0.3 is 5.73 Å². The highest BCUT2D eigenvalue weighted by atomic mass is 79.9. The quantitative estimate of drug-likeness (QED) is 0.463. The first-order valence-electron chi connectivity index (χ1n) is 6.66. The van der Waals surface area contributed by atoms with Gasteiger partial charge in [0.05, 0.1) is 4.34 Å². The molecule has 0 unspecified atom stereocenters. The summed E-state index contributed by atoms with van der Waals surface area (Å²) >= 11 is 11.3. The van der Waals surface area contributed by atoms with E-state index in [9.17, 15) is 0 Å². The summed E-state index contributed by atoms with van der Waals surface area (Å²) in [7, 11) is 0. The molecule has 0 saturated carbocycles. The third kappa shape index (κ3) is 1.89. The third-order valence-corrected chi connectivity index (χ3v) is 5.98. The molecule has 0 aliphatic rings. The topological polar surface area (TPSA) is 43.3 Å². The highest BCUT2D eigenvalue weighted by Crippen LogP contribution is 2.38. The fraction of sp³-hybridized carbons (Fsp3) is 0.0625. The number of fused-ring (bicyclic) bond motifs is 3. The van der Waals surface area contributed by atoms with E-state index in [0.717, 1.165) is 42.0 Å². The second-order valence-electron chi connectivity index (χ2n) is 5.10. The van der Waals surface area contributed by atoms with E-state index in [1.54, 1.807) is 0 Å². The van der Waals surface area contributed by atoms with Crippen LogP contribution >= 0.6 is 38.9 Å². The Hall–Kier alpha value is -1.56. The van der Waals surface area contributed by atoms with Crippen LogP contribution in [0.2, 0.25) is 4.34 Å². The molecule has 22 heavy (non-hydrogen) atoms. The zero-order valence-electron chi connectivity index (χ0n) is 11.6. The largest absolute Gasteiger partial charge is 0.383 e. The summed E-state index contributed by atoms with van der Waals surface area (Å²) in [6, 6.07) is 8.12. The van der Waals surface area contributed by atoms with Crippen molar-refractivity contribution in [3.05, 3.63) is 50.2 Å². The number of rotatable bonds is 1. The van der Waals surface area contributed by atoms with Gasteiger partial charge in [-0.15, -0.1) is 11.3 Å². The molecule has 0 saturated heterocycles. The zero-order chi connectivity index (χ0) is 15.4. The van der Waals surface area contributed by atoms with Gasteiger partial charge >= 0.3 is 0 Å². The molecule has 4 aromatic rings. The van der Waals surface area contributed by atoms with Gasteiger partial charge in [0, 0.05) is 32.4 Å². The maximum atomic E-state index is 6.33. The van der Waals surface area contributed by atoms with Gasteiger partial charge in [0.25, 0.3) is 0 Å². The average Bonchev–Trinajstić information content (AvgIpc) is 3.01. The number of hydrogen-bond acceptors (Lipinski definition) is 3. The van der Waals surface area contributed by atoms with Crippen LogP contribution in [0.4, 0.5) is 5.82 Å². The lowest BCUT2D eigenvalue weighted by Gasteiger charge is -2.03. The van der Waals surface area contributed by atoms with E-state index in [1.807, 2.05) is 41.1 Å². The van der Waals surface area contributed by atoms with Gasteiger partial charge in [-0.1, -0.05) is 39.7 Å². The van der Waals surface area contributed by atoms with Crippen molar-refractivity contribution in [1.29, 1.82) is 0 Å². The molecule has 3 nitrogen and oxygen atoms in total. The van der Waals surface area contributed by atoms with Crippen LogP contribution in [-0.4, -0.2) is 9.38 Å². The minimum atomic E-state index is 0.634. The molecule has 2 N–H and O–H groups in total. The van der Waals surface area contributed by atoms with Crippen molar-refractivity contribution >= 4 is 61.1 Å². The lowest BCUT2D eigenvalue weighted by atomic mass is 10.1. The van der Waals surface area contributed by atoms with Crippen molar-refractivity contribution in [2.75, 3.05) is 5.73 Å². The van der Waals surface area contributed by atoms with Crippen LogP contribution in [0, 0.1) is 6.92 Å². The Balaban J connectivity index is 2.11. The van der Waals surface area contributed by atoms with Crippen LogP contribution in [0.1, 0.15) is 5.56 Å². The number of anilines is 1. The predicted molar refractivity (Wildman–Crippen MR) is 97.9 cm³/mol. The Morgan fingerprint density at radius 2 is 2.09 bits per heavy atom. The van der Waals surface area contributed by atoms with E-state index in [0.29, 0.717) is 5.82 Å². The Bertz CT molecular complexity index is 1030. The van der Waals surface area contributed by atoms with Gasteiger partial charge in [0.2, 0.25) is 0 Å². The van der Waals surface area contributed by atoms with Crippen LogP contribution in [0.15, 0.2) is 40.3 Å². The Morgan fingerprint density at radius 1 is 1.27 bits per heavy atom. The number of halogens is 2. The Kier molecular flexibility index (Phi) is 3.18. The molecule has 1 aromatic carbocycles. The molecule has 3 aromatic heterocycles. The first kappa shape index (κ1) is 14.1. The number of hydrogen-bond donors (Lipinski definition) is 1. The van der Waals surface area contributed by atoms with Gasteiger partial charge in [-0.05, 0) is 24.6 Å². The number of aromatic nitrogens is 2. The molecule has 0 amide bonds. The monoisotopic (exact) mass is 391 g/mol. The van der Waals surface area contributed by atoms with E-state index < -0.39 is 0 Å². The molecule has 3 heterocycles. The summed E-state index contributed by atoms with van der Waals surface area (Å²) in [6.07, 6.45) is 1.96. The zero-order valence-corrected chi connectivity index (χ0v) is 14.8. The van der Waals surface area contributed by atoms with Gasteiger partial charge in [-0.3, -0.25) is 4.40 Å². The van der Waals surface area contributed by atoms with E-state index in [-0.39, 0.29) is 0 Å². The van der Waals surface area contributed by atoms with Gasteiger partial charge in [-0.25, -0.2) is 4.98 Å². The van der Waals surface area contributed by atoms with Crippen molar-refractivity contribution in [2.24, 2.45) is 0 Å². The van der Waals surface area contributed by atoms with Crippen LogP contribution in [0.5, 0.6) is 0 Å². The molecule has 0 bridgehead atoms. The summed E-state index contributed by atoms with van der Waals surface area (Å²) in [5, 5.41) is 4.19. The van der Waals surface area contributed by atoms with E-state index >= 15 is 0 Å². The van der Waals surface area contributed by atoms with Crippen molar-refractivity contribution in [2.45, 2.75) is 6.92 Å². The van der Waals surface area contributed by atoms with Crippen molar-refractivity contribution < 1.29 is 0 Å². The van der Waals surface area contributed by atoms with Crippen LogP contribution in [0.3, 0.4) is 0 Å². The van der Waals surface area contributed by atoms with Gasteiger partial charge in [0.1, 0.15) is 17.2 Å². The average molecular weight is 393 g/mol. The summed E-state index contributed by atoms with van der Waals surface area (Å²) < 4.78 is 3.75. The van der Waals surface area contributed by atoms with Gasteiger partial charge in [0.15, 0.2) is 0 Å². The molecule has 0 atom stereocenters. The van der Waals surface area contributed by atoms with Gasteiger partial charge in [-0.2, -0.15) is 0 Å². The summed E-state index contributed by atoms with van der Waals surface area (Å²) in [5.74, 6) is 0.634. The lowest BCUT2D eigenvalue weighted by Crippen LogP contribution is -1.94. The number of benzene rings is 1. The fourth-order valence-corrected chi connectivity index (χ4v) is 4.19. The molecule has 0 radical (unpaired) electrons. The fourth-order valence-electron chi connectivity index (χ4n) is 2.66. The number of nitrogen functional groups attached to an aromatic ring is 1. The molecule has 0 spiro atoms. The minimum Gasteiger partial charge on any atom is -0.383 e. The van der Waals surface area contributed by atoms with Crippen molar-refractivity contribution in [3.8, 4) is 11.3 Å². The molecular formula is C16H11BrClN3S. The highest BCUT2D eigenvalue weighted by molar-refractivity contribution is 9.10. The van der Waals surface area contributed by atoms with Crippen LogP contribution in [0.25, 0.3) is 27.7 Å². The number of imidazole rings is 1. The highest BCUT2D eigenvalue weighted by Gasteiger charge is 2.17. The number of thiophene rings is 1. The predicted octanol–water partition coefficient (Wildman–Crippen LogP) is 5.52. The molecule has 110 valence electrons. The number of nitrogens with zero attached hydrogens (tertiary/aromatic N) is 2. The molecule has 0 aliphatic carbocycles. The second-order valence-corrected chi connectivity index (χ2v) is 7.44. The summed E-state index contributed by atoms with van der Waals surface area (Å²) in [6.45, 7) is 1.99. The normalized spacial score (nSPS) is 11.6. The minimum absolute atomic E-state index is 0.634. The molecule has 6 heteroatoms. The lowest BCUT2D eigenvalue weighted by molar-refractivity contribution is 1.21. The SMILES string of the molecule is Cc1c(-c2nc3c4cccc(Br)c4ccn3c2N)csc1Cl. The maximum Gasteiger partial charge on any atom is 0.147 e. The third-order valence-electron chi connectivity index (χ3n) is 3.87. The Morgan fingerprint density at radius 3 is 2.82 bits per heavy atom. The number of pyridine rings is 1. The molecular weight excluding hydrogens is 382 g/mol. The molecule has 4 rings (SSSR count). The van der Waals surface area contributed by atoms with E-state index in [4.69, 9.17) is 22.3 Å². The van der Waals surface area contributed by atoms with E-state index in [1.165, 1.54) is 11.3 Å². The van der Waals surface area contributed by atoms with Crippen molar-refractivity contribution in [1.82, 2.24) is 9.38 Å². The Labute approximate surface area is 144 Å². The summed E-state index contributed by atoms with van der Waals surface area (Å²) in [5.41, 5.74) is 9.99. The van der Waals surface area contributed by atoms with Crippen LogP contribution < -0.4 is 5.73 Å². The van der Waals surface area contributed by atoms with E-state index in [2.05, 4.69) is 22.0 Å². The number of nitrogens with two attached hydrogens (primary N) is 1. The smallest absolute Gasteiger partial charge is 0.147 e. The molecule has 0 fully saturated rings. The first-order valence-corrected chi connectivity index (χ1v) is 8.71. The second kappa shape index (κ2) is 4.98. The first-order chi connectivity index (χ1) is 10.6. The van der Waals surface area contributed by atoms with Crippen LogP contribution in [-0.2, 0) is 0 Å². The standard InChI is InChI=1S/C16H11BrClN3S/c1-8-11(7-22-14(8)18)13-15(19)21-6-5-9-10(16(21)20-13)3-2-4-12(9)17/h2-7H,19H2,1H3. The van der Waals surface area contributed by atoms with Crippen molar-refractivity contribution in [3.63, 3.8) is 0 Å². The molecule has 0 aliphatic heterocycles.